The fourth-order valence-electron chi connectivity index (χ4n) is 1.87. The number of carboxylic acids is 1. The van der Waals surface area contributed by atoms with E-state index >= 15 is 0 Å². The lowest BCUT2D eigenvalue weighted by Gasteiger charge is -2.21. The van der Waals surface area contributed by atoms with E-state index in [1.165, 1.54) is 0 Å². The number of benzene rings is 1. The minimum Gasteiger partial charge on any atom is -0.480 e. The zero-order valence-electron chi connectivity index (χ0n) is 11.3. The summed E-state index contributed by atoms with van der Waals surface area (Å²) in [5.74, 6) is -1.08. The number of nitrogens with one attached hydrogen (secondary N) is 1. The van der Waals surface area contributed by atoms with E-state index in [4.69, 9.17) is 0 Å². The molecule has 1 aromatic carbocycles. The van der Waals surface area contributed by atoms with Gasteiger partial charge >= 0.3 is 5.97 Å². The van der Waals surface area contributed by atoms with Crippen molar-refractivity contribution in [1.29, 1.82) is 0 Å². The number of hydrogen-bond acceptors (Lipinski definition) is 3. The maximum Gasteiger partial charge on any atom is 0.325 e. The van der Waals surface area contributed by atoms with Gasteiger partial charge < -0.3 is 10.0 Å². The second kappa shape index (κ2) is 7.53. The Morgan fingerprint density at radius 3 is 2.26 bits per heavy atom. The minimum absolute atomic E-state index is 0.0214. The van der Waals surface area contributed by atoms with E-state index in [0.717, 1.165) is 0 Å². The molecular weight excluding hydrogens is 244 g/mol. The van der Waals surface area contributed by atoms with Crippen LogP contribution in [0.25, 0.3) is 0 Å². The highest BCUT2D eigenvalue weighted by molar-refractivity contribution is 5.80. The zero-order chi connectivity index (χ0) is 14.3. The Labute approximate surface area is 113 Å². The summed E-state index contributed by atoms with van der Waals surface area (Å²) >= 11 is 0. The average molecular weight is 264 g/mol. The number of carboxylic acid groups (broad SMARTS) is 1. The summed E-state index contributed by atoms with van der Waals surface area (Å²) in [6.45, 7) is 5.06. The smallest absolute Gasteiger partial charge is 0.325 e. The lowest BCUT2D eigenvalue weighted by atomic mass is 10.1. The zero-order valence-corrected chi connectivity index (χ0v) is 11.3. The summed E-state index contributed by atoms with van der Waals surface area (Å²) < 4.78 is 0. The van der Waals surface area contributed by atoms with Crippen molar-refractivity contribution in [2.24, 2.45) is 0 Å². The molecule has 0 aliphatic heterocycles. The number of rotatable bonds is 7. The molecular formula is C14H20N2O3. The van der Waals surface area contributed by atoms with Crippen molar-refractivity contribution in [2.75, 3.05) is 19.6 Å². The van der Waals surface area contributed by atoms with E-state index in [0.29, 0.717) is 18.7 Å². The third kappa shape index (κ3) is 4.37. The fraction of sp³-hybridized carbons (Fsp3) is 0.429. The van der Waals surface area contributed by atoms with Crippen LogP contribution in [-0.4, -0.2) is 41.5 Å². The van der Waals surface area contributed by atoms with Gasteiger partial charge in [0.2, 0.25) is 5.91 Å². The van der Waals surface area contributed by atoms with Crippen LogP contribution >= 0.6 is 0 Å². The van der Waals surface area contributed by atoms with Gasteiger partial charge in [-0.15, -0.1) is 0 Å². The van der Waals surface area contributed by atoms with Crippen LogP contribution in [0.5, 0.6) is 0 Å². The van der Waals surface area contributed by atoms with Crippen LogP contribution in [0, 0.1) is 0 Å². The molecule has 0 aromatic heterocycles. The van der Waals surface area contributed by atoms with Crippen molar-refractivity contribution in [2.45, 2.75) is 19.9 Å². The van der Waals surface area contributed by atoms with E-state index in [9.17, 15) is 14.7 Å². The molecule has 1 rings (SSSR count). The van der Waals surface area contributed by atoms with E-state index in [1.54, 1.807) is 29.2 Å². The van der Waals surface area contributed by atoms with E-state index in [2.05, 4.69) is 5.32 Å². The number of likely N-dealkylation sites (N-methyl/N-ethyl adjacent to an activating group) is 1. The molecule has 1 unspecified atom stereocenters. The molecule has 5 nitrogen and oxygen atoms in total. The number of amides is 1. The van der Waals surface area contributed by atoms with Crippen LogP contribution in [0.2, 0.25) is 0 Å². The number of nitrogens with zero attached hydrogens (tertiary/aromatic N) is 1. The van der Waals surface area contributed by atoms with Gasteiger partial charge in [0.05, 0.1) is 6.54 Å². The van der Waals surface area contributed by atoms with Gasteiger partial charge in [-0.25, -0.2) is 0 Å². The van der Waals surface area contributed by atoms with Gasteiger partial charge in [-0.2, -0.15) is 0 Å². The van der Waals surface area contributed by atoms with E-state index < -0.39 is 12.0 Å². The molecule has 104 valence electrons. The predicted molar refractivity (Wildman–Crippen MR) is 72.7 cm³/mol. The van der Waals surface area contributed by atoms with Crippen molar-refractivity contribution in [1.82, 2.24) is 10.2 Å². The Bertz CT molecular complexity index is 416. The molecule has 1 amide bonds. The number of carbonyl (C=O) groups is 2. The van der Waals surface area contributed by atoms with Crippen LogP contribution < -0.4 is 5.32 Å². The van der Waals surface area contributed by atoms with Gasteiger partial charge in [0, 0.05) is 13.1 Å². The Hall–Kier alpha value is -1.88. The minimum atomic E-state index is -0.987. The first-order chi connectivity index (χ1) is 9.10. The van der Waals surface area contributed by atoms with Gasteiger partial charge in [-0.3, -0.25) is 14.9 Å². The summed E-state index contributed by atoms with van der Waals surface area (Å²) in [6.07, 6.45) is 0. The number of aliphatic carboxylic acids is 1. The predicted octanol–water partition coefficient (Wildman–Crippen LogP) is 1.27. The molecule has 0 saturated heterocycles. The summed E-state index contributed by atoms with van der Waals surface area (Å²) in [5.41, 5.74) is 0.641. The summed E-state index contributed by atoms with van der Waals surface area (Å²) in [6, 6.07) is 7.98. The van der Waals surface area contributed by atoms with Crippen molar-refractivity contribution >= 4 is 11.9 Å². The molecule has 5 heteroatoms. The number of carbonyl (C=O) groups excluding carboxylic acids is 1. The third-order valence-corrected chi connectivity index (χ3v) is 2.95. The van der Waals surface area contributed by atoms with Crippen molar-refractivity contribution < 1.29 is 14.7 Å². The summed E-state index contributed by atoms with van der Waals surface area (Å²) in [4.78, 5) is 24.7. The Morgan fingerprint density at radius 1 is 1.21 bits per heavy atom. The summed E-state index contributed by atoms with van der Waals surface area (Å²) in [7, 11) is 0. The molecule has 0 spiro atoms. The molecule has 0 saturated carbocycles. The fourth-order valence-corrected chi connectivity index (χ4v) is 1.87. The van der Waals surface area contributed by atoms with Crippen LogP contribution in [0.15, 0.2) is 30.3 Å². The van der Waals surface area contributed by atoms with Gasteiger partial charge in [-0.1, -0.05) is 30.3 Å². The average Bonchev–Trinajstić information content (AvgIpc) is 2.41. The molecule has 0 heterocycles. The summed E-state index contributed by atoms with van der Waals surface area (Å²) in [5, 5.41) is 12.0. The maximum absolute atomic E-state index is 11.8. The largest absolute Gasteiger partial charge is 0.480 e. The Morgan fingerprint density at radius 2 is 1.79 bits per heavy atom. The molecule has 0 aliphatic carbocycles. The standard InChI is InChI=1S/C14H20N2O3/c1-3-16(4-2)12(17)10-15-13(14(18)19)11-8-6-5-7-9-11/h5-9,13,15H,3-4,10H2,1-2H3,(H,18,19). The van der Waals surface area contributed by atoms with Gasteiger partial charge in [-0.05, 0) is 19.4 Å². The van der Waals surface area contributed by atoms with Crippen LogP contribution in [0.4, 0.5) is 0 Å². The monoisotopic (exact) mass is 264 g/mol. The van der Waals surface area contributed by atoms with Crippen molar-refractivity contribution in [3.8, 4) is 0 Å². The lowest BCUT2D eigenvalue weighted by Crippen LogP contribution is -2.40. The second-order valence-electron chi connectivity index (χ2n) is 4.13. The Balaban J connectivity index is 2.66. The second-order valence-corrected chi connectivity index (χ2v) is 4.13. The lowest BCUT2D eigenvalue weighted by molar-refractivity contribution is -0.140. The van der Waals surface area contributed by atoms with Gasteiger partial charge in [0.25, 0.3) is 0 Å². The first kappa shape index (κ1) is 15.2. The van der Waals surface area contributed by atoms with Crippen LogP contribution in [-0.2, 0) is 9.59 Å². The third-order valence-electron chi connectivity index (χ3n) is 2.95. The van der Waals surface area contributed by atoms with Crippen LogP contribution in [0.3, 0.4) is 0 Å². The topological polar surface area (TPSA) is 69.6 Å². The first-order valence-corrected chi connectivity index (χ1v) is 6.39. The van der Waals surface area contributed by atoms with E-state index in [1.807, 2.05) is 19.9 Å². The molecule has 0 aliphatic rings. The van der Waals surface area contributed by atoms with Gasteiger partial charge in [0.1, 0.15) is 6.04 Å². The maximum atomic E-state index is 11.8. The van der Waals surface area contributed by atoms with Crippen molar-refractivity contribution in [3.05, 3.63) is 35.9 Å². The van der Waals surface area contributed by atoms with E-state index in [-0.39, 0.29) is 12.5 Å². The highest BCUT2D eigenvalue weighted by atomic mass is 16.4. The normalized spacial score (nSPS) is 11.9. The van der Waals surface area contributed by atoms with Gasteiger partial charge in [0.15, 0.2) is 0 Å². The molecule has 0 bridgehead atoms. The highest BCUT2D eigenvalue weighted by Crippen LogP contribution is 2.12. The quantitative estimate of drug-likeness (QED) is 0.778. The highest BCUT2D eigenvalue weighted by Gasteiger charge is 2.20. The molecule has 0 radical (unpaired) electrons. The first-order valence-electron chi connectivity index (χ1n) is 6.39. The number of hydrogen-bond donors (Lipinski definition) is 2. The molecule has 1 atom stereocenters. The molecule has 2 N–H and O–H groups in total. The Kier molecular flexibility index (Phi) is 6.02. The molecule has 19 heavy (non-hydrogen) atoms. The SMILES string of the molecule is CCN(CC)C(=O)CNC(C(=O)O)c1ccccc1. The molecule has 1 aromatic rings. The molecule has 0 fully saturated rings. The van der Waals surface area contributed by atoms with Crippen molar-refractivity contribution in [3.63, 3.8) is 0 Å². The van der Waals surface area contributed by atoms with Crippen LogP contribution in [0.1, 0.15) is 25.5 Å².